The Morgan fingerprint density at radius 1 is 1.04 bits per heavy atom. The van der Waals surface area contributed by atoms with Crippen molar-refractivity contribution >= 4 is 11.8 Å². The van der Waals surface area contributed by atoms with Crippen LogP contribution in [0.2, 0.25) is 0 Å². The molecule has 8 heteroatoms. The summed E-state index contributed by atoms with van der Waals surface area (Å²) >= 11 is 0. The van der Waals surface area contributed by atoms with Crippen LogP contribution in [0.3, 0.4) is 0 Å². The van der Waals surface area contributed by atoms with Crippen LogP contribution in [0.5, 0.6) is 0 Å². The number of likely N-dealkylation sites (tertiary alicyclic amines) is 2. The van der Waals surface area contributed by atoms with E-state index in [0.717, 1.165) is 18.0 Å². The van der Waals surface area contributed by atoms with Crippen LogP contribution in [0, 0.1) is 11.8 Å². The number of alkyl halides is 3. The fourth-order valence-corrected chi connectivity index (χ4v) is 3.91. The summed E-state index contributed by atoms with van der Waals surface area (Å²) in [6, 6.07) is 0.283. The summed E-state index contributed by atoms with van der Waals surface area (Å²) in [5, 5.41) is 3.00. The maximum atomic E-state index is 12.5. The minimum Gasteiger partial charge on any atom is -0.354 e. The Labute approximate surface area is 153 Å². The second kappa shape index (κ2) is 9.06. The first kappa shape index (κ1) is 21.0. The molecule has 0 spiro atoms. The van der Waals surface area contributed by atoms with Gasteiger partial charge >= 0.3 is 12.1 Å². The predicted octanol–water partition coefficient (Wildman–Crippen LogP) is 2.41. The molecule has 0 aromatic heterocycles. The minimum absolute atomic E-state index is 0.0177. The topological polar surface area (TPSA) is 52.7 Å². The lowest BCUT2D eigenvalue weighted by Gasteiger charge is -2.37. The van der Waals surface area contributed by atoms with Gasteiger partial charge in [0.15, 0.2) is 0 Å². The molecule has 2 fully saturated rings. The zero-order valence-corrected chi connectivity index (χ0v) is 15.6. The van der Waals surface area contributed by atoms with Crippen LogP contribution in [-0.4, -0.2) is 66.6 Å². The minimum atomic E-state index is -4.84. The van der Waals surface area contributed by atoms with Crippen molar-refractivity contribution < 1.29 is 22.8 Å². The van der Waals surface area contributed by atoms with Gasteiger partial charge in [0.1, 0.15) is 0 Å². The molecule has 0 radical (unpaired) electrons. The van der Waals surface area contributed by atoms with Gasteiger partial charge in [-0.2, -0.15) is 13.2 Å². The number of rotatable bonds is 5. The number of hydrogen-bond acceptors (Lipinski definition) is 3. The molecule has 1 unspecified atom stereocenters. The number of carbonyl (C=O) groups excluding carboxylic acids is 2. The van der Waals surface area contributed by atoms with Crippen LogP contribution in [0.25, 0.3) is 0 Å². The summed E-state index contributed by atoms with van der Waals surface area (Å²) in [6.45, 7) is 6.93. The fourth-order valence-electron chi connectivity index (χ4n) is 3.91. The quantitative estimate of drug-likeness (QED) is 0.801. The maximum Gasteiger partial charge on any atom is 0.471 e. The zero-order valence-electron chi connectivity index (χ0n) is 15.6. The lowest BCUT2D eigenvalue weighted by Crippen LogP contribution is -2.51. The smallest absolute Gasteiger partial charge is 0.354 e. The number of nitrogens with one attached hydrogen (secondary N) is 1. The molecule has 0 saturated carbocycles. The Morgan fingerprint density at radius 3 is 2.12 bits per heavy atom. The van der Waals surface area contributed by atoms with Crippen LogP contribution in [0.4, 0.5) is 13.2 Å². The largest absolute Gasteiger partial charge is 0.471 e. The van der Waals surface area contributed by atoms with E-state index in [1.807, 2.05) is 0 Å². The van der Waals surface area contributed by atoms with Gasteiger partial charge in [0.2, 0.25) is 5.91 Å². The van der Waals surface area contributed by atoms with Gasteiger partial charge in [-0.3, -0.25) is 14.5 Å². The molecule has 26 heavy (non-hydrogen) atoms. The Morgan fingerprint density at radius 2 is 1.62 bits per heavy atom. The Balaban J connectivity index is 1.80. The van der Waals surface area contributed by atoms with Crippen LogP contribution < -0.4 is 5.32 Å². The number of piperidine rings is 2. The standard InChI is InChI=1S/C18H30F3N3O2/c1-13(2)15(23-8-4-3-5-9-23)12-22-16(25)14-6-10-24(11-7-14)17(26)18(19,20)21/h13-15H,3-12H2,1-2H3,(H,22,25). The van der Waals surface area contributed by atoms with E-state index in [1.165, 1.54) is 19.3 Å². The van der Waals surface area contributed by atoms with E-state index in [1.54, 1.807) is 0 Å². The van der Waals surface area contributed by atoms with Crippen molar-refractivity contribution in [1.29, 1.82) is 0 Å². The van der Waals surface area contributed by atoms with Gasteiger partial charge in [0.05, 0.1) is 0 Å². The van der Waals surface area contributed by atoms with Crippen LogP contribution >= 0.6 is 0 Å². The molecule has 150 valence electrons. The number of amides is 2. The summed E-state index contributed by atoms with van der Waals surface area (Å²) in [5.41, 5.74) is 0. The highest BCUT2D eigenvalue weighted by Crippen LogP contribution is 2.24. The third-order valence-corrected chi connectivity index (χ3v) is 5.51. The first-order chi connectivity index (χ1) is 12.2. The van der Waals surface area contributed by atoms with Gasteiger partial charge in [0.25, 0.3) is 0 Å². The third kappa shape index (κ3) is 5.59. The third-order valence-electron chi connectivity index (χ3n) is 5.51. The summed E-state index contributed by atoms with van der Waals surface area (Å²) in [5.74, 6) is -1.81. The average Bonchev–Trinajstić information content (AvgIpc) is 2.61. The van der Waals surface area contributed by atoms with Crippen molar-refractivity contribution in [2.75, 3.05) is 32.7 Å². The van der Waals surface area contributed by atoms with E-state index < -0.39 is 12.1 Å². The highest BCUT2D eigenvalue weighted by atomic mass is 19.4. The number of carbonyl (C=O) groups is 2. The molecule has 2 aliphatic heterocycles. The molecule has 2 aliphatic rings. The van der Waals surface area contributed by atoms with Gasteiger partial charge < -0.3 is 10.2 Å². The molecule has 2 rings (SSSR count). The summed E-state index contributed by atoms with van der Waals surface area (Å²) in [4.78, 5) is 26.9. The summed E-state index contributed by atoms with van der Waals surface area (Å²) in [7, 11) is 0. The van der Waals surface area contributed by atoms with Crippen molar-refractivity contribution in [2.24, 2.45) is 11.8 Å². The molecule has 2 saturated heterocycles. The van der Waals surface area contributed by atoms with E-state index in [0.29, 0.717) is 12.5 Å². The predicted molar refractivity (Wildman–Crippen MR) is 92.4 cm³/mol. The molecule has 0 aliphatic carbocycles. The fraction of sp³-hybridized carbons (Fsp3) is 0.889. The van der Waals surface area contributed by atoms with Gasteiger partial charge in [-0.05, 0) is 44.7 Å². The number of hydrogen-bond donors (Lipinski definition) is 1. The first-order valence-electron chi connectivity index (χ1n) is 9.58. The van der Waals surface area contributed by atoms with Crippen molar-refractivity contribution in [3.63, 3.8) is 0 Å². The Hall–Kier alpha value is -1.31. The highest BCUT2D eigenvalue weighted by molar-refractivity contribution is 5.83. The zero-order chi connectivity index (χ0) is 19.3. The van der Waals surface area contributed by atoms with Crippen molar-refractivity contribution in [1.82, 2.24) is 15.1 Å². The molecule has 0 aromatic rings. The molecule has 0 bridgehead atoms. The van der Waals surface area contributed by atoms with Gasteiger partial charge in [0, 0.05) is 31.6 Å². The van der Waals surface area contributed by atoms with E-state index >= 15 is 0 Å². The average molecular weight is 377 g/mol. The van der Waals surface area contributed by atoms with Crippen molar-refractivity contribution in [3.05, 3.63) is 0 Å². The van der Waals surface area contributed by atoms with E-state index in [-0.39, 0.29) is 43.8 Å². The molecule has 5 nitrogen and oxygen atoms in total. The lowest BCUT2D eigenvalue weighted by molar-refractivity contribution is -0.186. The first-order valence-corrected chi connectivity index (χ1v) is 9.58. The van der Waals surface area contributed by atoms with Crippen LogP contribution in [-0.2, 0) is 9.59 Å². The molecular weight excluding hydrogens is 347 g/mol. The normalized spacial score (nSPS) is 21.7. The second-order valence-corrected chi connectivity index (χ2v) is 7.72. The van der Waals surface area contributed by atoms with Crippen LogP contribution in [0.15, 0.2) is 0 Å². The number of nitrogens with zero attached hydrogens (tertiary/aromatic N) is 2. The van der Waals surface area contributed by atoms with Gasteiger partial charge in [-0.1, -0.05) is 20.3 Å². The molecule has 0 aromatic carbocycles. The van der Waals surface area contributed by atoms with E-state index in [4.69, 9.17) is 0 Å². The lowest BCUT2D eigenvalue weighted by atomic mass is 9.95. The van der Waals surface area contributed by atoms with E-state index in [9.17, 15) is 22.8 Å². The second-order valence-electron chi connectivity index (χ2n) is 7.72. The molecule has 2 amide bonds. The highest BCUT2D eigenvalue weighted by Gasteiger charge is 2.43. The van der Waals surface area contributed by atoms with Crippen molar-refractivity contribution in [2.45, 2.75) is 58.2 Å². The monoisotopic (exact) mass is 377 g/mol. The van der Waals surface area contributed by atoms with Gasteiger partial charge in [-0.15, -0.1) is 0 Å². The van der Waals surface area contributed by atoms with Crippen molar-refractivity contribution in [3.8, 4) is 0 Å². The molecular formula is C18H30F3N3O2. The SMILES string of the molecule is CC(C)C(CNC(=O)C1CCN(C(=O)C(F)(F)F)CC1)N1CCCCC1. The number of halogens is 3. The molecule has 1 N–H and O–H groups in total. The molecule has 2 heterocycles. The molecule has 1 atom stereocenters. The summed E-state index contributed by atoms with van der Waals surface area (Å²) < 4.78 is 37.4. The Bertz CT molecular complexity index is 483. The van der Waals surface area contributed by atoms with E-state index in [2.05, 4.69) is 24.1 Å². The van der Waals surface area contributed by atoms with Gasteiger partial charge in [-0.25, -0.2) is 0 Å². The summed E-state index contributed by atoms with van der Waals surface area (Å²) in [6.07, 6.45) is -0.657. The Kier molecular flexibility index (Phi) is 7.32. The maximum absolute atomic E-state index is 12.5. The van der Waals surface area contributed by atoms with Crippen LogP contribution in [0.1, 0.15) is 46.0 Å².